The molecule has 0 atom stereocenters. The molecule has 172 valence electrons. The zero-order chi connectivity index (χ0) is 23.2. The smallest absolute Gasteiger partial charge is 0.261 e. The molecule has 0 N–H and O–H groups in total. The summed E-state index contributed by atoms with van der Waals surface area (Å²) in [4.78, 5) is 22.4. The van der Waals surface area contributed by atoms with Crippen molar-refractivity contribution in [2.75, 3.05) is 26.3 Å². The molecule has 1 aliphatic rings. The van der Waals surface area contributed by atoms with Crippen LogP contribution in [0.2, 0.25) is 0 Å². The highest BCUT2D eigenvalue weighted by atomic mass is 32.2. The Balaban J connectivity index is 1.55. The number of morpholine rings is 1. The number of sulfonamides is 1. The predicted octanol–water partition coefficient (Wildman–Crippen LogP) is 2.14. The fraction of sp³-hybridized carbons (Fsp3) is 0.348. The Morgan fingerprint density at radius 2 is 1.85 bits per heavy atom. The van der Waals surface area contributed by atoms with E-state index < -0.39 is 10.0 Å². The Morgan fingerprint density at radius 3 is 2.61 bits per heavy atom. The minimum absolute atomic E-state index is 0.131. The zero-order valence-electron chi connectivity index (χ0n) is 18.6. The van der Waals surface area contributed by atoms with Crippen molar-refractivity contribution >= 4 is 32.0 Å². The largest absolute Gasteiger partial charge is 0.379 e. The Labute approximate surface area is 191 Å². The highest BCUT2D eigenvalue weighted by Gasteiger charge is 2.27. The molecule has 0 unspecified atom stereocenters. The Morgan fingerprint density at radius 1 is 1.06 bits per heavy atom. The molecule has 1 aliphatic heterocycles. The molecule has 1 saturated heterocycles. The SMILES string of the molecule is CCn1c(Cn2cnc3ccc(C)cc3c2=O)nc2cc(S(=O)(=O)N3CCOCC3)ccc21. The Bertz CT molecular complexity index is 1520. The van der Waals surface area contributed by atoms with Gasteiger partial charge in [0.25, 0.3) is 5.56 Å². The fourth-order valence-electron chi connectivity index (χ4n) is 4.27. The monoisotopic (exact) mass is 467 g/mol. The van der Waals surface area contributed by atoms with Crippen molar-refractivity contribution in [1.29, 1.82) is 0 Å². The first kappa shape index (κ1) is 21.7. The molecule has 5 rings (SSSR count). The second-order valence-corrected chi connectivity index (χ2v) is 10.1. The van der Waals surface area contributed by atoms with E-state index in [0.717, 1.165) is 11.1 Å². The third-order valence-electron chi connectivity index (χ3n) is 6.01. The maximum absolute atomic E-state index is 13.1. The predicted molar refractivity (Wildman–Crippen MR) is 125 cm³/mol. The molecule has 2 aromatic carbocycles. The Hall–Kier alpha value is -3.08. The van der Waals surface area contributed by atoms with Crippen LogP contribution in [0, 0.1) is 6.92 Å². The van der Waals surface area contributed by atoms with Crippen LogP contribution in [-0.4, -0.2) is 58.1 Å². The molecule has 0 aliphatic carbocycles. The van der Waals surface area contributed by atoms with Gasteiger partial charge in [0.15, 0.2) is 0 Å². The van der Waals surface area contributed by atoms with Gasteiger partial charge in [0.05, 0.1) is 52.9 Å². The van der Waals surface area contributed by atoms with E-state index in [-0.39, 0.29) is 17.0 Å². The van der Waals surface area contributed by atoms with Crippen molar-refractivity contribution in [1.82, 2.24) is 23.4 Å². The van der Waals surface area contributed by atoms with Gasteiger partial charge in [0, 0.05) is 19.6 Å². The molecule has 0 bridgehead atoms. The summed E-state index contributed by atoms with van der Waals surface area (Å²) in [6.07, 6.45) is 1.54. The third kappa shape index (κ3) is 3.84. The summed E-state index contributed by atoms with van der Waals surface area (Å²) in [6, 6.07) is 10.6. The number of rotatable bonds is 5. The molecule has 1 fully saturated rings. The first-order valence-corrected chi connectivity index (χ1v) is 12.4. The van der Waals surface area contributed by atoms with Gasteiger partial charge >= 0.3 is 0 Å². The number of fused-ring (bicyclic) bond motifs is 2. The van der Waals surface area contributed by atoms with Crippen LogP contribution >= 0.6 is 0 Å². The van der Waals surface area contributed by atoms with Gasteiger partial charge < -0.3 is 9.30 Å². The summed E-state index contributed by atoms with van der Waals surface area (Å²) in [6.45, 7) is 6.27. The van der Waals surface area contributed by atoms with Gasteiger partial charge in [-0.1, -0.05) is 11.6 Å². The fourth-order valence-corrected chi connectivity index (χ4v) is 5.70. The maximum Gasteiger partial charge on any atom is 0.261 e. The quantitative estimate of drug-likeness (QED) is 0.446. The number of hydrogen-bond acceptors (Lipinski definition) is 6. The standard InChI is InChI=1S/C23H25N5O4S/c1-3-28-21-7-5-17(33(30,31)27-8-10-32-11-9-27)13-20(21)25-22(28)14-26-15-24-19-6-4-16(2)12-18(19)23(26)29/h4-7,12-13,15H,3,8-11,14H2,1-2H3. The highest BCUT2D eigenvalue weighted by molar-refractivity contribution is 7.89. The summed E-state index contributed by atoms with van der Waals surface area (Å²) in [7, 11) is -3.62. The molecule has 3 heterocycles. The number of hydrogen-bond donors (Lipinski definition) is 0. The molecule has 0 saturated carbocycles. The van der Waals surface area contributed by atoms with Crippen LogP contribution in [0.1, 0.15) is 18.3 Å². The van der Waals surface area contributed by atoms with Crippen molar-refractivity contribution < 1.29 is 13.2 Å². The molecule has 9 nitrogen and oxygen atoms in total. The number of aromatic nitrogens is 4. The molecule has 33 heavy (non-hydrogen) atoms. The second-order valence-electron chi connectivity index (χ2n) is 8.14. The van der Waals surface area contributed by atoms with Gasteiger partial charge in [-0.3, -0.25) is 9.36 Å². The molecule has 4 aromatic rings. The molecular formula is C23H25N5O4S. The van der Waals surface area contributed by atoms with E-state index in [1.54, 1.807) is 22.8 Å². The number of benzene rings is 2. The van der Waals surface area contributed by atoms with Gasteiger partial charge in [-0.05, 0) is 44.2 Å². The van der Waals surface area contributed by atoms with Crippen LogP contribution in [0.3, 0.4) is 0 Å². The minimum Gasteiger partial charge on any atom is -0.379 e. The number of ether oxygens (including phenoxy) is 1. The van der Waals surface area contributed by atoms with Gasteiger partial charge in [-0.15, -0.1) is 0 Å². The van der Waals surface area contributed by atoms with Crippen molar-refractivity contribution in [3.8, 4) is 0 Å². The van der Waals surface area contributed by atoms with Gasteiger partial charge in [0.2, 0.25) is 10.0 Å². The van der Waals surface area contributed by atoms with Gasteiger partial charge in [-0.2, -0.15) is 4.31 Å². The molecule has 2 aromatic heterocycles. The molecule has 0 spiro atoms. The number of imidazole rings is 1. The molecule has 0 amide bonds. The topological polar surface area (TPSA) is 99.3 Å². The first-order valence-electron chi connectivity index (χ1n) is 10.9. The minimum atomic E-state index is -3.62. The molecule has 10 heteroatoms. The van der Waals surface area contributed by atoms with Crippen LogP contribution in [0.15, 0.2) is 52.4 Å². The Kier molecular flexibility index (Phi) is 5.51. The van der Waals surface area contributed by atoms with E-state index >= 15 is 0 Å². The lowest BCUT2D eigenvalue weighted by atomic mass is 10.2. The summed E-state index contributed by atoms with van der Waals surface area (Å²) in [5.41, 5.74) is 2.93. The van der Waals surface area contributed by atoms with Crippen molar-refractivity contribution in [3.05, 3.63) is 64.5 Å². The van der Waals surface area contributed by atoms with E-state index in [1.807, 2.05) is 36.6 Å². The van der Waals surface area contributed by atoms with Crippen molar-refractivity contribution in [2.24, 2.45) is 0 Å². The maximum atomic E-state index is 13.1. The van der Waals surface area contributed by atoms with Crippen molar-refractivity contribution in [3.63, 3.8) is 0 Å². The zero-order valence-corrected chi connectivity index (χ0v) is 19.4. The molecule has 0 radical (unpaired) electrons. The number of aryl methyl sites for hydroxylation is 2. The van der Waals surface area contributed by atoms with E-state index in [9.17, 15) is 13.2 Å². The lowest BCUT2D eigenvalue weighted by molar-refractivity contribution is 0.0730. The lowest BCUT2D eigenvalue weighted by Gasteiger charge is -2.26. The van der Waals surface area contributed by atoms with Crippen LogP contribution in [0.4, 0.5) is 0 Å². The molecular weight excluding hydrogens is 442 g/mol. The highest BCUT2D eigenvalue weighted by Crippen LogP contribution is 2.24. The van der Waals surface area contributed by atoms with E-state index in [0.29, 0.717) is 55.1 Å². The summed E-state index contributed by atoms with van der Waals surface area (Å²) in [5.74, 6) is 0.671. The van der Waals surface area contributed by atoms with Crippen LogP contribution in [-0.2, 0) is 27.8 Å². The van der Waals surface area contributed by atoms with Crippen LogP contribution in [0.25, 0.3) is 21.9 Å². The second kappa shape index (κ2) is 8.36. The van der Waals surface area contributed by atoms with E-state index in [1.165, 1.54) is 10.6 Å². The average molecular weight is 468 g/mol. The van der Waals surface area contributed by atoms with Crippen molar-refractivity contribution in [2.45, 2.75) is 31.8 Å². The third-order valence-corrected chi connectivity index (χ3v) is 7.91. The first-order chi connectivity index (χ1) is 15.9. The van der Waals surface area contributed by atoms with Crippen LogP contribution < -0.4 is 5.56 Å². The van der Waals surface area contributed by atoms with E-state index in [4.69, 9.17) is 9.72 Å². The van der Waals surface area contributed by atoms with Crippen LogP contribution in [0.5, 0.6) is 0 Å². The van der Waals surface area contributed by atoms with E-state index in [2.05, 4.69) is 4.98 Å². The summed E-state index contributed by atoms with van der Waals surface area (Å²) < 4.78 is 36.4. The van der Waals surface area contributed by atoms with Gasteiger partial charge in [-0.25, -0.2) is 18.4 Å². The summed E-state index contributed by atoms with van der Waals surface area (Å²) >= 11 is 0. The number of nitrogens with zero attached hydrogens (tertiary/aromatic N) is 5. The average Bonchev–Trinajstić information content (AvgIpc) is 3.18. The van der Waals surface area contributed by atoms with Gasteiger partial charge in [0.1, 0.15) is 5.82 Å². The lowest BCUT2D eigenvalue weighted by Crippen LogP contribution is -2.40. The normalized spacial score (nSPS) is 15.5. The summed E-state index contributed by atoms with van der Waals surface area (Å²) in [5, 5.41) is 0.565.